The third kappa shape index (κ3) is 2.11. The van der Waals surface area contributed by atoms with E-state index in [9.17, 15) is 9.59 Å². The number of ether oxygens (including phenoxy) is 1. The number of carbonyl (C=O) groups excluding carboxylic acids is 2. The zero-order valence-electron chi connectivity index (χ0n) is 8.94. The first kappa shape index (κ1) is 10.4. The summed E-state index contributed by atoms with van der Waals surface area (Å²) in [7, 11) is 0. The molecule has 2 bridgehead atoms. The Bertz CT molecular complexity index is 306. The predicted octanol–water partition coefficient (Wildman–Crippen LogP) is 1.72. The van der Waals surface area contributed by atoms with Gasteiger partial charge in [0.1, 0.15) is 12.2 Å². The fraction of sp³-hybridized carbons (Fsp3) is 0.667. The fourth-order valence-electron chi connectivity index (χ4n) is 2.64. The van der Waals surface area contributed by atoms with Gasteiger partial charge in [-0.15, -0.1) is 0 Å². The molecule has 0 amide bonds. The zero-order valence-corrected chi connectivity index (χ0v) is 8.94. The van der Waals surface area contributed by atoms with E-state index in [1.54, 1.807) is 6.92 Å². The zero-order chi connectivity index (χ0) is 10.8. The Morgan fingerprint density at radius 3 is 2.67 bits per heavy atom. The lowest BCUT2D eigenvalue weighted by Gasteiger charge is -2.15. The van der Waals surface area contributed by atoms with Gasteiger partial charge in [0, 0.05) is 5.92 Å². The number of rotatable bonds is 4. The number of allylic oxidation sites excluding steroid dienone is 2. The van der Waals surface area contributed by atoms with Crippen LogP contribution in [-0.2, 0) is 14.3 Å². The van der Waals surface area contributed by atoms with Crippen molar-refractivity contribution in [2.24, 2.45) is 17.8 Å². The molecule has 2 rings (SSSR count). The van der Waals surface area contributed by atoms with Gasteiger partial charge in [-0.3, -0.25) is 9.59 Å². The van der Waals surface area contributed by atoms with Gasteiger partial charge in [-0.2, -0.15) is 0 Å². The van der Waals surface area contributed by atoms with Crippen LogP contribution in [0.25, 0.3) is 0 Å². The van der Waals surface area contributed by atoms with Gasteiger partial charge in [-0.05, 0) is 31.6 Å². The average molecular weight is 208 g/mol. The maximum atomic E-state index is 11.8. The van der Waals surface area contributed by atoms with Crippen LogP contribution < -0.4 is 0 Å². The molecule has 0 unspecified atom stereocenters. The predicted molar refractivity (Wildman–Crippen MR) is 55.1 cm³/mol. The van der Waals surface area contributed by atoms with E-state index in [0.717, 1.165) is 12.8 Å². The minimum Gasteiger partial charge on any atom is -0.466 e. The van der Waals surface area contributed by atoms with Crippen LogP contribution in [0.2, 0.25) is 0 Å². The van der Waals surface area contributed by atoms with Gasteiger partial charge in [0.15, 0.2) is 0 Å². The summed E-state index contributed by atoms with van der Waals surface area (Å²) in [5.41, 5.74) is 0. The second kappa shape index (κ2) is 4.17. The van der Waals surface area contributed by atoms with Crippen LogP contribution in [0, 0.1) is 17.8 Å². The lowest BCUT2D eigenvalue weighted by atomic mass is 9.88. The molecule has 3 atom stereocenters. The van der Waals surface area contributed by atoms with Gasteiger partial charge >= 0.3 is 5.97 Å². The van der Waals surface area contributed by atoms with Crippen molar-refractivity contribution in [2.45, 2.75) is 26.2 Å². The van der Waals surface area contributed by atoms with Gasteiger partial charge in [0.05, 0.1) is 6.61 Å². The van der Waals surface area contributed by atoms with Gasteiger partial charge in [-0.25, -0.2) is 0 Å². The van der Waals surface area contributed by atoms with Gasteiger partial charge in [0.2, 0.25) is 0 Å². The van der Waals surface area contributed by atoms with E-state index in [4.69, 9.17) is 4.74 Å². The van der Waals surface area contributed by atoms with Crippen LogP contribution in [0.15, 0.2) is 12.2 Å². The molecule has 3 heteroatoms. The molecule has 0 heterocycles. The molecule has 0 saturated heterocycles. The molecule has 0 aromatic rings. The van der Waals surface area contributed by atoms with E-state index >= 15 is 0 Å². The van der Waals surface area contributed by atoms with Crippen LogP contribution in [0.5, 0.6) is 0 Å². The molecule has 0 N–H and O–H groups in total. The first-order chi connectivity index (χ1) is 7.20. The first-order valence-electron chi connectivity index (χ1n) is 5.57. The number of hydrogen-bond donors (Lipinski definition) is 0. The molecule has 3 nitrogen and oxygen atoms in total. The molecule has 15 heavy (non-hydrogen) atoms. The quantitative estimate of drug-likeness (QED) is 0.401. The summed E-state index contributed by atoms with van der Waals surface area (Å²) in [4.78, 5) is 22.9. The minimum atomic E-state index is -0.380. The van der Waals surface area contributed by atoms with Crippen molar-refractivity contribution in [3.63, 3.8) is 0 Å². The number of esters is 1. The number of fused-ring (bicyclic) bond motifs is 2. The summed E-state index contributed by atoms with van der Waals surface area (Å²) < 4.78 is 4.77. The maximum absolute atomic E-state index is 11.8. The van der Waals surface area contributed by atoms with Gasteiger partial charge in [0.25, 0.3) is 0 Å². The lowest BCUT2D eigenvalue weighted by Crippen LogP contribution is -2.22. The van der Waals surface area contributed by atoms with Crippen molar-refractivity contribution >= 4 is 11.8 Å². The standard InChI is InChI=1S/C12H16O3/c1-2-15-12(14)7-11(13)10-6-8-3-4-9(10)5-8/h3-4,8-10H,2,5-7H2,1H3/t8-,9+,10-/m1/s1. The Morgan fingerprint density at radius 2 is 2.13 bits per heavy atom. The molecule has 0 radical (unpaired) electrons. The number of carbonyl (C=O) groups is 2. The second-order valence-corrected chi connectivity index (χ2v) is 4.33. The number of Topliss-reactive ketones (excluding diaryl/α,β-unsaturated/α-hetero) is 1. The molecule has 2 aliphatic rings. The molecular formula is C12H16O3. The highest BCUT2D eigenvalue weighted by molar-refractivity contribution is 5.97. The van der Waals surface area contributed by atoms with Crippen LogP contribution in [0.4, 0.5) is 0 Å². The second-order valence-electron chi connectivity index (χ2n) is 4.33. The largest absolute Gasteiger partial charge is 0.466 e. The topological polar surface area (TPSA) is 43.4 Å². The summed E-state index contributed by atoms with van der Waals surface area (Å²) >= 11 is 0. The van der Waals surface area contributed by atoms with E-state index in [0.29, 0.717) is 18.4 Å². The van der Waals surface area contributed by atoms with Crippen LogP contribution in [0.3, 0.4) is 0 Å². The maximum Gasteiger partial charge on any atom is 0.313 e. The van der Waals surface area contributed by atoms with Gasteiger partial charge in [-0.1, -0.05) is 12.2 Å². The highest BCUT2D eigenvalue weighted by Gasteiger charge is 2.39. The fourth-order valence-corrected chi connectivity index (χ4v) is 2.64. The van der Waals surface area contributed by atoms with Crippen molar-refractivity contribution in [3.8, 4) is 0 Å². The van der Waals surface area contributed by atoms with Crippen molar-refractivity contribution in [1.82, 2.24) is 0 Å². The smallest absolute Gasteiger partial charge is 0.313 e. The summed E-state index contributed by atoms with van der Waals surface area (Å²) in [6, 6.07) is 0. The van der Waals surface area contributed by atoms with E-state index in [1.165, 1.54) is 0 Å². The molecule has 0 aromatic heterocycles. The van der Waals surface area contributed by atoms with Crippen molar-refractivity contribution in [3.05, 3.63) is 12.2 Å². The minimum absolute atomic E-state index is 0.0461. The number of ketones is 1. The summed E-state index contributed by atoms with van der Waals surface area (Å²) in [5.74, 6) is 0.715. The third-order valence-electron chi connectivity index (χ3n) is 3.32. The lowest BCUT2D eigenvalue weighted by molar-refractivity contribution is -0.146. The Labute approximate surface area is 89.5 Å². The Hall–Kier alpha value is -1.12. The average Bonchev–Trinajstić information content (AvgIpc) is 2.78. The van der Waals surface area contributed by atoms with Crippen molar-refractivity contribution < 1.29 is 14.3 Å². The normalized spacial score (nSPS) is 31.9. The van der Waals surface area contributed by atoms with E-state index in [2.05, 4.69) is 12.2 Å². The SMILES string of the molecule is CCOC(=O)CC(=O)[C@@H]1C[C@@H]2C=C[C@H]1C2. The first-order valence-corrected chi connectivity index (χ1v) is 5.57. The third-order valence-corrected chi connectivity index (χ3v) is 3.32. The van der Waals surface area contributed by atoms with Crippen LogP contribution in [0.1, 0.15) is 26.2 Å². The molecule has 0 spiro atoms. The van der Waals surface area contributed by atoms with E-state index in [1.807, 2.05) is 0 Å². The van der Waals surface area contributed by atoms with Gasteiger partial charge < -0.3 is 4.74 Å². The van der Waals surface area contributed by atoms with Crippen LogP contribution >= 0.6 is 0 Å². The summed E-state index contributed by atoms with van der Waals surface area (Å²) in [6.45, 7) is 2.10. The Morgan fingerprint density at radius 1 is 1.33 bits per heavy atom. The summed E-state index contributed by atoms with van der Waals surface area (Å²) in [5, 5.41) is 0. The Kier molecular flexibility index (Phi) is 2.89. The van der Waals surface area contributed by atoms with E-state index in [-0.39, 0.29) is 24.1 Å². The van der Waals surface area contributed by atoms with Crippen LogP contribution in [-0.4, -0.2) is 18.4 Å². The molecule has 82 valence electrons. The highest BCUT2D eigenvalue weighted by atomic mass is 16.5. The summed E-state index contributed by atoms with van der Waals surface area (Å²) in [6.07, 6.45) is 6.30. The molecule has 0 aliphatic heterocycles. The Balaban J connectivity index is 1.87. The molecule has 0 aromatic carbocycles. The van der Waals surface area contributed by atoms with Crippen molar-refractivity contribution in [2.75, 3.05) is 6.61 Å². The van der Waals surface area contributed by atoms with E-state index < -0.39 is 0 Å². The highest BCUT2D eigenvalue weighted by Crippen LogP contribution is 2.44. The van der Waals surface area contributed by atoms with Crippen molar-refractivity contribution in [1.29, 1.82) is 0 Å². The monoisotopic (exact) mass is 208 g/mol. The number of hydrogen-bond acceptors (Lipinski definition) is 3. The molecule has 1 saturated carbocycles. The molecule has 1 fully saturated rings. The molecular weight excluding hydrogens is 192 g/mol. The molecule has 2 aliphatic carbocycles.